The minimum atomic E-state index is 0.496. The molecule has 0 radical (unpaired) electrons. The lowest BCUT2D eigenvalue weighted by molar-refractivity contribution is 0.301. The fraction of sp³-hybridized carbons (Fsp3) is 0.154. The number of aromatic nitrogens is 1. The van der Waals surface area contributed by atoms with Gasteiger partial charge >= 0.3 is 0 Å². The molecular formula is C13H12BrNO. The second kappa shape index (κ2) is 5.12. The number of aryl methyl sites for hydroxylation is 1. The third-order valence-electron chi connectivity index (χ3n) is 2.26. The number of hydrogen-bond acceptors (Lipinski definition) is 2. The second-order valence-corrected chi connectivity index (χ2v) is 4.38. The van der Waals surface area contributed by atoms with Crippen molar-refractivity contribution in [3.8, 4) is 5.75 Å². The lowest BCUT2D eigenvalue weighted by Crippen LogP contribution is -1.97. The topological polar surface area (TPSA) is 22.1 Å². The molecule has 0 aliphatic rings. The molecule has 0 aliphatic heterocycles. The molecule has 0 saturated heterocycles. The number of rotatable bonds is 3. The average Bonchev–Trinajstić information content (AvgIpc) is 2.32. The van der Waals surface area contributed by atoms with Crippen molar-refractivity contribution in [1.82, 2.24) is 4.98 Å². The van der Waals surface area contributed by atoms with Crippen LogP contribution in [0.2, 0.25) is 0 Å². The molecular weight excluding hydrogens is 266 g/mol. The molecule has 2 aromatic rings. The third-order valence-corrected chi connectivity index (χ3v) is 3.11. The van der Waals surface area contributed by atoms with Gasteiger partial charge in [-0.15, -0.1) is 0 Å². The summed E-state index contributed by atoms with van der Waals surface area (Å²) in [7, 11) is 0. The van der Waals surface area contributed by atoms with Crippen molar-refractivity contribution < 1.29 is 4.74 Å². The van der Waals surface area contributed by atoms with Gasteiger partial charge in [0.05, 0.1) is 5.69 Å². The maximum Gasteiger partial charge on any atom is 0.130 e. The Kier molecular flexibility index (Phi) is 3.57. The summed E-state index contributed by atoms with van der Waals surface area (Å²) in [6.45, 7) is 2.54. The van der Waals surface area contributed by atoms with Crippen LogP contribution in [0.4, 0.5) is 0 Å². The van der Waals surface area contributed by atoms with Gasteiger partial charge in [0, 0.05) is 10.7 Å². The highest BCUT2D eigenvalue weighted by molar-refractivity contribution is 9.10. The molecule has 0 atom stereocenters. The van der Waals surface area contributed by atoms with Crippen LogP contribution >= 0.6 is 15.9 Å². The van der Waals surface area contributed by atoms with Gasteiger partial charge in [-0.05, 0) is 36.8 Å². The molecule has 0 aliphatic carbocycles. The fourth-order valence-electron chi connectivity index (χ4n) is 1.30. The molecule has 0 N–H and O–H groups in total. The minimum absolute atomic E-state index is 0.496. The lowest BCUT2D eigenvalue weighted by atomic mass is 10.2. The fourth-order valence-corrected chi connectivity index (χ4v) is 1.66. The van der Waals surface area contributed by atoms with Crippen LogP contribution in [0.15, 0.2) is 47.1 Å². The Labute approximate surface area is 103 Å². The summed E-state index contributed by atoms with van der Waals surface area (Å²) in [5.41, 5.74) is 2.13. The van der Waals surface area contributed by atoms with Gasteiger partial charge in [-0.25, -0.2) is 0 Å². The Morgan fingerprint density at radius 3 is 2.81 bits per heavy atom. The van der Waals surface area contributed by atoms with Crippen molar-refractivity contribution in [1.29, 1.82) is 0 Å². The van der Waals surface area contributed by atoms with Gasteiger partial charge in [0.2, 0.25) is 0 Å². The second-order valence-electron chi connectivity index (χ2n) is 3.52. The van der Waals surface area contributed by atoms with E-state index in [1.54, 1.807) is 6.20 Å². The molecule has 0 fully saturated rings. The van der Waals surface area contributed by atoms with E-state index in [1.165, 1.54) is 5.56 Å². The molecule has 0 amide bonds. The summed E-state index contributed by atoms with van der Waals surface area (Å²) in [6, 6.07) is 11.8. The van der Waals surface area contributed by atoms with Crippen molar-refractivity contribution in [2.45, 2.75) is 13.5 Å². The van der Waals surface area contributed by atoms with E-state index in [9.17, 15) is 0 Å². The van der Waals surface area contributed by atoms with Crippen LogP contribution in [-0.2, 0) is 6.61 Å². The van der Waals surface area contributed by atoms with Crippen LogP contribution < -0.4 is 4.74 Å². The van der Waals surface area contributed by atoms with Crippen molar-refractivity contribution in [2.75, 3.05) is 0 Å². The van der Waals surface area contributed by atoms with Crippen LogP contribution in [0, 0.1) is 6.92 Å². The van der Waals surface area contributed by atoms with Gasteiger partial charge in [0.15, 0.2) is 0 Å². The molecule has 0 unspecified atom stereocenters. The van der Waals surface area contributed by atoms with Crippen LogP contribution in [0.5, 0.6) is 5.75 Å². The molecule has 0 bridgehead atoms. The molecule has 1 aromatic heterocycles. The van der Waals surface area contributed by atoms with Crippen LogP contribution in [0.1, 0.15) is 11.3 Å². The van der Waals surface area contributed by atoms with E-state index < -0.39 is 0 Å². The highest BCUT2D eigenvalue weighted by atomic mass is 79.9. The standard InChI is InChI=1S/C13H12BrNO/c1-10-5-6-12(8-13(10)14)16-9-11-4-2-3-7-15-11/h2-8H,9H2,1H3. The largest absolute Gasteiger partial charge is 0.487 e. The third kappa shape index (κ3) is 2.83. The van der Waals surface area contributed by atoms with Gasteiger partial charge < -0.3 is 4.74 Å². The first kappa shape index (κ1) is 11.1. The van der Waals surface area contributed by atoms with E-state index in [1.807, 2.05) is 43.3 Å². The summed E-state index contributed by atoms with van der Waals surface area (Å²) in [5.74, 6) is 0.850. The van der Waals surface area contributed by atoms with Gasteiger partial charge in [-0.1, -0.05) is 28.1 Å². The van der Waals surface area contributed by atoms with Crippen LogP contribution in [0.3, 0.4) is 0 Å². The predicted molar refractivity (Wildman–Crippen MR) is 67.4 cm³/mol. The smallest absolute Gasteiger partial charge is 0.130 e. The molecule has 2 nitrogen and oxygen atoms in total. The van der Waals surface area contributed by atoms with Gasteiger partial charge in [0.1, 0.15) is 12.4 Å². The molecule has 3 heteroatoms. The Bertz CT molecular complexity index is 471. The molecule has 1 aromatic carbocycles. The summed E-state index contributed by atoms with van der Waals surface area (Å²) in [5, 5.41) is 0. The van der Waals surface area contributed by atoms with E-state index in [-0.39, 0.29) is 0 Å². The quantitative estimate of drug-likeness (QED) is 0.853. The predicted octanol–water partition coefficient (Wildman–Crippen LogP) is 3.73. The number of ether oxygens (including phenoxy) is 1. The molecule has 1 heterocycles. The number of nitrogens with zero attached hydrogens (tertiary/aromatic N) is 1. The van der Waals surface area contributed by atoms with Gasteiger partial charge in [-0.3, -0.25) is 4.98 Å². The Morgan fingerprint density at radius 1 is 1.25 bits per heavy atom. The maximum atomic E-state index is 5.64. The van der Waals surface area contributed by atoms with Crippen molar-refractivity contribution in [3.05, 3.63) is 58.3 Å². The summed E-state index contributed by atoms with van der Waals surface area (Å²) in [4.78, 5) is 4.20. The average molecular weight is 278 g/mol. The zero-order chi connectivity index (χ0) is 11.4. The maximum absolute atomic E-state index is 5.64. The minimum Gasteiger partial charge on any atom is -0.487 e. The molecule has 82 valence electrons. The number of pyridine rings is 1. The Balaban J connectivity index is 2.03. The lowest BCUT2D eigenvalue weighted by Gasteiger charge is -2.07. The van der Waals surface area contributed by atoms with Crippen molar-refractivity contribution >= 4 is 15.9 Å². The van der Waals surface area contributed by atoms with Crippen LogP contribution in [0.25, 0.3) is 0 Å². The zero-order valence-electron chi connectivity index (χ0n) is 8.98. The van der Waals surface area contributed by atoms with E-state index in [2.05, 4.69) is 20.9 Å². The van der Waals surface area contributed by atoms with E-state index in [0.717, 1.165) is 15.9 Å². The van der Waals surface area contributed by atoms with E-state index in [4.69, 9.17) is 4.74 Å². The number of benzene rings is 1. The number of hydrogen-bond donors (Lipinski definition) is 0. The highest BCUT2D eigenvalue weighted by Crippen LogP contribution is 2.22. The van der Waals surface area contributed by atoms with Gasteiger partial charge in [0.25, 0.3) is 0 Å². The van der Waals surface area contributed by atoms with Crippen LogP contribution in [-0.4, -0.2) is 4.98 Å². The Morgan fingerprint density at radius 2 is 2.12 bits per heavy atom. The summed E-state index contributed by atoms with van der Waals surface area (Å²) >= 11 is 3.48. The molecule has 0 spiro atoms. The van der Waals surface area contributed by atoms with Gasteiger partial charge in [-0.2, -0.15) is 0 Å². The summed E-state index contributed by atoms with van der Waals surface area (Å²) in [6.07, 6.45) is 1.77. The number of halogens is 1. The molecule has 16 heavy (non-hydrogen) atoms. The van der Waals surface area contributed by atoms with E-state index in [0.29, 0.717) is 6.61 Å². The van der Waals surface area contributed by atoms with Crippen molar-refractivity contribution in [2.24, 2.45) is 0 Å². The summed E-state index contributed by atoms with van der Waals surface area (Å²) < 4.78 is 6.70. The molecule has 0 saturated carbocycles. The zero-order valence-corrected chi connectivity index (χ0v) is 10.6. The highest BCUT2D eigenvalue weighted by Gasteiger charge is 1.99. The van der Waals surface area contributed by atoms with E-state index >= 15 is 0 Å². The van der Waals surface area contributed by atoms with Crippen molar-refractivity contribution in [3.63, 3.8) is 0 Å². The normalized spacial score (nSPS) is 10.1. The SMILES string of the molecule is Cc1ccc(OCc2ccccn2)cc1Br. The first-order chi connectivity index (χ1) is 7.75. The monoisotopic (exact) mass is 277 g/mol. The Hall–Kier alpha value is -1.35. The molecule has 2 rings (SSSR count). The first-order valence-electron chi connectivity index (χ1n) is 5.04. The first-order valence-corrected chi connectivity index (χ1v) is 5.84.